The summed E-state index contributed by atoms with van der Waals surface area (Å²) in [6, 6.07) is 12.8. The molecule has 0 radical (unpaired) electrons. The van der Waals surface area contributed by atoms with Gasteiger partial charge in [0.1, 0.15) is 0 Å². The van der Waals surface area contributed by atoms with E-state index in [1.54, 1.807) is 29.2 Å². The van der Waals surface area contributed by atoms with Gasteiger partial charge >= 0.3 is 0 Å². The van der Waals surface area contributed by atoms with Crippen LogP contribution < -0.4 is 14.9 Å². The van der Waals surface area contributed by atoms with Crippen molar-refractivity contribution in [3.05, 3.63) is 53.6 Å². The standard InChI is InChI=1S/C25H35N3O4S2/c1-19(15-20-7-3-2-4-8-20)26-17-22-9-5-6-10-24(22)27-34(31,32)23-11-12-25-21(16-23)13-14-28(25)18-33(29)30/h5-6,9-12,16,19-20,26-27H,2-4,7-8,13-15,17-18H2,1H3,(H,29,30)/p-1. The number of anilines is 2. The maximum absolute atomic E-state index is 13.2. The van der Waals surface area contributed by atoms with Gasteiger partial charge in [-0.15, -0.1) is 0 Å². The van der Waals surface area contributed by atoms with Gasteiger partial charge in [-0.05, 0) is 72.2 Å². The fourth-order valence-corrected chi connectivity index (χ4v) is 6.82. The van der Waals surface area contributed by atoms with E-state index in [9.17, 15) is 17.2 Å². The first-order valence-electron chi connectivity index (χ1n) is 12.1. The summed E-state index contributed by atoms with van der Waals surface area (Å²) in [7, 11) is -3.78. The molecule has 7 nitrogen and oxygen atoms in total. The normalized spacial score (nSPS) is 18.5. The lowest BCUT2D eigenvalue weighted by molar-refractivity contribution is 0.305. The van der Waals surface area contributed by atoms with Gasteiger partial charge in [-0.2, -0.15) is 0 Å². The van der Waals surface area contributed by atoms with Gasteiger partial charge in [-0.25, -0.2) is 8.42 Å². The Bertz CT molecular complexity index is 1120. The number of fused-ring (bicyclic) bond motifs is 1. The average Bonchev–Trinajstić information content (AvgIpc) is 3.20. The Labute approximate surface area is 205 Å². The minimum absolute atomic E-state index is 0.0864. The Kier molecular flexibility index (Phi) is 8.29. The highest BCUT2D eigenvalue weighted by Gasteiger charge is 2.23. The smallest absolute Gasteiger partial charge is 0.261 e. The van der Waals surface area contributed by atoms with E-state index in [1.165, 1.54) is 32.1 Å². The maximum atomic E-state index is 13.2. The quantitative estimate of drug-likeness (QED) is 0.472. The van der Waals surface area contributed by atoms with Crippen LogP contribution >= 0.6 is 0 Å². The van der Waals surface area contributed by atoms with Crippen LogP contribution in [0.5, 0.6) is 0 Å². The lowest BCUT2D eigenvalue weighted by atomic mass is 9.85. The summed E-state index contributed by atoms with van der Waals surface area (Å²) in [5.41, 5.74) is 3.11. The van der Waals surface area contributed by atoms with Crippen molar-refractivity contribution in [1.82, 2.24) is 5.32 Å². The molecule has 2 unspecified atom stereocenters. The fourth-order valence-electron chi connectivity index (χ4n) is 5.14. The molecule has 186 valence electrons. The summed E-state index contributed by atoms with van der Waals surface area (Å²) in [6.07, 6.45) is 8.43. The second-order valence-corrected chi connectivity index (χ2v) is 12.1. The summed E-state index contributed by atoms with van der Waals surface area (Å²) in [4.78, 5) is 1.93. The van der Waals surface area contributed by atoms with Crippen LogP contribution in [0, 0.1) is 5.92 Å². The summed E-state index contributed by atoms with van der Waals surface area (Å²) >= 11 is -2.18. The Morgan fingerprint density at radius 1 is 1.15 bits per heavy atom. The van der Waals surface area contributed by atoms with Gasteiger partial charge in [0.2, 0.25) is 0 Å². The molecule has 0 spiro atoms. The van der Waals surface area contributed by atoms with E-state index < -0.39 is 21.1 Å². The molecular weight excluding hydrogens is 470 g/mol. The highest BCUT2D eigenvalue weighted by Crippen LogP contribution is 2.31. The summed E-state index contributed by atoms with van der Waals surface area (Å²) in [5.74, 6) is 0.700. The van der Waals surface area contributed by atoms with E-state index in [4.69, 9.17) is 0 Å². The van der Waals surface area contributed by atoms with Crippen molar-refractivity contribution >= 4 is 32.5 Å². The van der Waals surface area contributed by atoms with Gasteiger partial charge in [-0.3, -0.25) is 8.93 Å². The third-order valence-electron chi connectivity index (χ3n) is 6.93. The molecule has 1 aliphatic heterocycles. The number of nitrogens with one attached hydrogen (secondary N) is 2. The number of hydrogen-bond acceptors (Lipinski definition) is 6. The molecular formula is C25H34N3O4S2-. The molecule has 34 heavy (non-hydrogen) atoms. The zero-order valence-corrected chi connectivity index (χ0v) is 21.3. The topological polar surface area (TPSA) is 102 Å². The summed E-state index contributed by atoms with van der Waals surface area (Å²) in [6.45, 7) is 3.36. The first-order valence-corrected chi connectivity index (χ1v) is 14.8. The van der Waals surface area contributed by atoms with Gasteiger partial charge in [0.25, 0.3) is 10.0 Å². The molecule has 2 N–H and O–H groups in total. The number of benzene rings is 2. The molecule has 2 aliphatic rings. The van der Waals surface area contributed by atoms with Crippen LogP contribution in [0.1, 0.15) is 56.6 Å². The second kappa shape index (κ2) is 11.2. The molecule has 0 amide bonds. The molecule has 1 heterocycles. The van der Waals surface area contributed by atoms with Gasteiger partial charge < -0.3 is 14.8 Å². The molecule has 2 atom stereocenters. The van der Waals surface area contributed by atoms with E-state index in [-0.39, 0.29) is 10.8 Å². The summed E-state index contributed by atoms with van der Waals surface area (Å²) < 4.78 is 51.2. The minimum Gasteiger partial charge on any atom is -0.771 e. The van der Waals surface area contributed by atoms with Crippen molar-refractivity contribution in [3.8, 4) is 0 Å². The van der Waals surface area contributed by atoms with Gasteiger partial charge in [0.15, 0.2) is 0 Å². The van der Waals surface area contributed by atoms with Gasteiger partial charge in [0.05, 0.1) is 16.5 Å². The second-order valence-electron chi connectivity index (χ2n) is 9.52. The number of para-hydroxylation sites is 1. The Morgan fingerprint density at radius 2 is 1.91 bits per heavy atom. The van der Waals surface area contributed by atoms with Crippen molar-refractivity contribution in [3.63, 3.8) is 0 Å². The van der Waals surface area contributed by atoms with Crippen molar-refractivity contribution in [2.24, 2.45) is 5.92 Å². The van der Waals surface area contributed by atoms with Crippen LogP contribution in [0.2, 0.25) is 0 Å². The van der Waals surface area contributed by atoms with E-state index in [0.717, 1.165) is 29.2 Å². The van der Waals surface area contributed by atoms with E-state index in [1.807, 2.05) is 18.2 Å². The van der Waals surface area contributed by atoms with Crippen LogP contribution in [0.3, 0.4) is 0 Å². The number of sulfonamides is 1. The van der Waals surface area contributed by atoms with Gasteiger partial charge in [-0.1, -0.05) is 50.3 Å². The minimum atomic E-state index is -3.78. The SMILES string of the molecule is CC(CC1CCCCC1)NCc1ccccc1NS(=O)(=O)c1ccc2c(c1)CCN2CS(=O)[O-]. The molecule has 9 heteroatoms. The molecule has 1 saturated carbocycles. The van der Waals surface area contributed by atoms with Crippen molar-refractivity contribution < 1.29 is 17.2 Å². The van der Waals surface area contributed by atoms with Crippen molar-refractivity contribution in [1.29, 1.82) is 0 Å². The third-order valence-corrected chi connectivity index (χ3v) is 8.81. The molecule has 2 aromatic rings. The molecule has 4 rings (SSSR count). The Balaban J connectivity index is 1.42. The van der Waals surface area contributed by atoms with E-state index >= 15 is 0 Å². The Morgan fingerprint density at radius 3 is 2.68 bits per heavy atom. The monoisotopic (exact) mass is 504 g/mol. The van der Waals surface area contributed by atoms with Crippen LogP contribution in [-0.4, -0.2) is 35.6 Å². The third kappa shape index (κ3) is 6.38. The van der Waals surface area contributed by atoms with Crippen LogP contribution in [0.25, 0.3) is 0 Å². The van der Waals surface area contributed by atoms with Crippen LogP contribution in [0.15, 0.2) is 47.4 Å². The molecule has 1 aliphatic carbocycles. The number of hydrogen-bond donors (Lipinski definition) is 2. The predicted octanol–water partition coefficient (Wildman–Crippen LogP) is 4.14. The number of nitrogens with zero attached hydrogens (tertiary/aromatic N) is 1. The fraction of sp³-hybridized carbons (Fsp3) is 0.520. The van der Waals surface area contributed by atoms with E-state index in [2.05, 4.69) is 17.0 Å². The highest BCUT2D eigenvalue weighted by molar-refractivity contribution is 7.92. The molecule has 2 aromatic carbocycles. The zero-order valence-electron chi connectivity index (χ0n) is 19.7. The van der Waals surface area contributed by atoms with Crippen molar-refractivity contribution in [2.75, 3.05) is 22.0 Å². The molecule has 1 fully saturated rings. The molecule has 0 bridgehead atoms. The highest BCUT2D eigenvalue weighted by atomic mass is 32.2. The summed E-state index contributed by atoms with van der Waals surface area (Å²) in [5, 5.41) is 3.58. The lowest BCUT2D eigenvalue weighted by Crippen LogP contribution is -2.29. The predicted molar refractivity (Wildman–Crippen MR) is 136 cm³/mol. The van der Waals surface area contributed by atoms with Crippen LogP contribution in [-0.2, 0) is 34.1 Å². The van der Waals surface area contributed by atoms with Gasteiger partial charge in [0, 0.05) is 24.8 Å². The largest absolute Gasteiger partial charge is 0.771 e. The lowest BCUT2D eigenvalue weighted by Gasteiger charge is -2.25. The van der Waals surface area contributed by atoms with E-state index in [0.29, 0.717) is 31.2 Å². The van der Waals surface area contributed by atoms with Crippen molar-refractivity contribution in [2.45, 2.75) is 69.4 Å². The first kappa shape index (κ1) is 25.2. The van der Waals surface area contributed by atoms with Crippen LogP contribution in [0.4, 0.5) is 11.4 Å². The molecule has 0 saturated heterocycles. The Hall–Kier alpha value is -1.94. The molecule has 0 aromatic heterocycles. The number of rotatable bonds is 10. The zero-order chi connectivity index (χ0) is 24.1. The maximum Gasteiger partial charge on any atom is 0.261 e. The average molecular weight is 505 g/mol. The first-order chi connectivity index (χ1) is 16.3.